The van der Waals surface area contributed by atoms with Crippen LogP contribution < -0.4 is 14.8 Å². The van der Waals surface area contributed by atoms with Gasteiger partial charge in [-0.3, -0.25) is 4.79 Å². The van der Waals surface area contributed by atoms with Gasteiger partial charge in [-0.1, -0.05) is 11.6 Å². The zero-order valence-electron chi connectivity index (χ0n) is 11.6. The standard InChI is InChI=1S/C15H18ClNO3/c1-19-13-6-11(16)12(7-14(13)20-2)17-15(18)10-4-8-3-9(8)5-10/h6-10H,3-5H2,1-2H3,(H,17,18). The molecule has 0 saturated heterocycles. The Hall–Kier alpha value is -1.42. The molecule has 20 heavy (non-hydrogen) atoms. The minimum absolute atomic E-state index is 0.0614. The van der Waals surface area contributed by atoms with Gasteiger partial charge in [-0.2, -0.15) is 0 Å². The van der Waals surface area contributed by atoms with Crippen molar-refractivity contribution in [3.05, 3.63) is 17.2 Å². The highest BCUT2D eigenvalue weighted by atomic mass is 35.5. The molecule has 2 saturated carbocycles. The lowest BCUT2D eigenvalue weighted by Gasteiger charge is -2.15. The van der Waals surface area contributed by atoms with Crippen LogP contribution in [0.1, 0.15) is 19.3 Å². The third kappa shape index (κ3) is 2.44. The quantitative estimate of drug-likeness (QED) is 0.927. The van der Waals surface area contributed by atoms with Crippen molar-refractivity contribution < 1.29 is 14.3 Å². The Morgan fingerprint density at radius 2 is 1.75 bits per heavy atom. The van der Waals surface area contributed by atoms with E-state index in [1.165, 1.54) is 6.42 Å². The van der Waals surface area contributed by atoms with Crippen molar-refractivity contribution >= 4 is 23.2 Å². The van der Waals surface area contributed by atoms with Gasteiger partial charge < -0.3 is 14.8 Å². The second kappa shape index (κ2) is 5.17. The summed E-state index contributed by atoms with van der Waals surface area (Å²) >= 11 is 6.18. The fourth-order valence-corrected chi connectivity index (χ4v) is 3.31. The van der Waals surface area contributed by atoms with Crippen molar-refractivity contribution in [2.45, 2.75) is 19.3 Å². The Morgan fingerprint density at radius 3 is 2.35 bits per heavy atom. The molecule has 3 rings (SSSR count). The monoisotopic (exact) mass is 295 g/mol. The molecule has 0 aromatic heterocycles. The van der Waals surface area contributed by atoms with Crippen LogP contribution >= 0.6 is 11.6 Å². The normalized spacial score (nSPS) is 26.9. The van der Waals surface area contributed by atoms with Gasteiger partial charge >= 0.3 is 0 Å². The molecular formula is C15H18ClNO3. The van der Waals surface area contributed by atoms with Crippen molar-refractivity contribution in [1.82, 2.24) is 0 Å². The number of nitrogens with one attached hydrogen (secondary N) is 1. The van der Waals surface area contributed by atoms with Crippen LogP contribution in [0.15, 0.2) is 12.1 Å². The number of ether oxygens (including phenoxy) is 2. The van der Waals surface area contributed by atoms with Gasteiger partial charge in [0.1, 0.15) is 0 Å². The molecule has 0 bridgehead atoms. The van der Waals surface area contributed by atoms with Crippen molar-refractivity contribution in [2.24, 2.45) is 17.8 Å². The number of carbonyl (C=O) groups is 1. The van der Waals surface area contributed by atoms with Crippen LogP contribution in [-0.4, -0.2) is 20.1 Å². The van der Waals surface area contributed by atoms with E-state index < -0.39 is 0 Å². The van der Waals surface area contributed by atoms with Crippen LogP contribution in [0.4, 0.5) is 5.69 Å². The summed E-state index contributed by atoms with van der Waals surface area (Å²) in [5.41, 5.74) is 0.579. The van der Waals surface area contributed by atoms with Crippen LogP contribution in [0, 0.1) is 17.8 Å². The van der Waals surface area contributed by atoms with Gasteiger partial charge in [0.2, 0.25) is 5.91 Å². The predicted octanol–water partition coefficient (Wildman–Crippen LogP) is 3.34. The summed E-state index contributed by atoms with van der Waals surface area (Å²) in [7, 11) is 3.11. The van der Waals surface area contributed by atoms with E-state index in [0.717, 1.165) is 24.7 Å². The Kier molecular flexibility index (Phi) is 3.50. The highest BCUT2D eigenvalue weighted by molar-refractivity contribution is 6.34. The maximum absolute atomic E-state index is 12.2. The number of halogens is 1. The molecule has 0 radical (unpaired) electrons. The molecule has 1 N–H and O–H groups in total. The van der Waals surface area contributed by atoms with E-state index >= 15 is 0 Å². The number of benzene rings is 1. The molecule has 1 aromatic carbocycles. The SMILES string of the molecule is COc1cc(Cl)c(NC(=O)C2CC3CC3C2)cc1OC. The van der Waals surface area contributed by atoms with Crippen LogP contribution in [-0.2, 0) is 4.79 Å². The number of anilines is 1. The summed E-state index contributed by atoms with van der Waals surface area (Å²) in [6.45, 7) is 0. The molecule has 2 fully saturated rings. The van der Waals surface area contributed by atoms with Gasteiger partial charge in [0.25, 0.3) is 0 Å². The Labute approximate surface area is 123 Å². The molecule has 108 valence electrons. The summed E-state index contributed by atoms with van der Waals surface area (Å²) in [6, 6.07) is 3.36. The average Bonchev–Trinajstić information content (AvgIpc) is 3.06. The number of hydrogen-bond acceptors (Lipinski definition) is 3. The molecule has 2 aliphatic carbocycles. The number of methoxy groups -OCH3 is 2. The van der Waals surface area contributed by atoms with E-state index in [9.17, 15) is 4.79 Å². The van der Waals surface area contributed by atoms with Gasteiger partial charge in [0.05, 0.1) is 24.9 Å². The summed E-state index contributed by atoms with van der Waals surface area (Å²) < 4.78 is 10.4. The van der Waals surface area contributed by atoms with Gasteiger partial charge in [0, 0.05) is 18.1 Å². The first-order chi connectivity index (χ1) is 9.62. The predicted molar refractivity (Wildman–Crippen MR) is 77.5 cm³/mol. The van der Waals surface area contributed by atoms with Crippen LogP contribution in [0.2, 0.25) is 5.02 Å². The minimum atomic E-state index is 0.0614. The fourth-order valence-electron chi connectivity index (χ4n) is 3.11. The summed E-state index contributed by atoms with van der Waals surface area (Å²) in [4.78, 5) is 12.2. The van der Waals surface area contributed by atoms with Gasteiger partial charge in [-0.25, -0.2) is 0 Å². The molecule has 0 heterocycles. The molecule has 2 unspecified atom stereocenters. The molecule has 0 aliphatic heterocycles. The molecule has 0 spiro atoms. The van der Waals surface area contributed by atoms with E-state index in [4.69, 9.17) is 21.1 Å². The Bertz CT molecular complexity index is 536. The van der Waals surface area contributed by atoms with Crippen molar-refractivity contribution in [3.63, 3.8) is 0 Å². The van der Waals surface area contributed by atoms with E-state index in [-0.39, 0.29) is 11.8 Å². The molecular weight excluding hydrogens is 278 g/mol. The van der Waals surface area contributed by atoms with Gasteiger partial charge in [-0.05, 0) is 31.1 Å². The maximum Gasteiger partial charge on any atom is 0.227 e. The molecule has 1 aromatic rings. The third-order valence-electron chi connectivity index (χ3n) is 4.35. The number of rotatable bonds is 4. The van der Waals surface area contributed by atoms with E-state index in [2.05, 4.69) is 5.32 Å². The zero-order chi connectivity index (χ0) is 14.3. The Morgan fingerprint density at radius 1 is 1.15 bits per heavy atom. The molecule has 2 aliphatic rings. The van der Waals surface area contributed by atoms with Crippen molar-refractivity contribution in [1.29, 1.82) is 0 Å². The fraction of sp³-hybridized carbons (Fsp3) is 0.533. The number of fused-ring (bicyclic) bond motifs is 1. The first-order valence-corrected chi connectivity index (χ1v) is 7.22. The van der Waals surface area contributed by atoms with E-state index in [0.29, 0.717) is 22.2 Å². The average molecular weight is 296 g/mol. The van der Waals surface area contributed by atoms with Crippen LogP contribution in [0.3, 0.4) is 0 Å². The molecule has 2 atom stereocenters. The number of amides is 1. The lowest BCUT2D eigenvalue weighted by molar-refractivity contribution is -0.120. The maximum atomic E-state index is 12.2. The smallest absolute Gasteiger partial charge is 0.227 e. The first-order valence-electron chi connectivity index (χ1n) is 6.84. The lowest BCUT2D eigenvalue weighted by Crippen LogP contribution is -2.21. The summed E-state index contributed by atoms with van der Waals surface area (Å²) in [5.74, 6) is 2.87. The summed E-state index contributed by atoms with van der Waals surface area (Å²) in [6.07, 6.45) is 3.34. The Balaban J connectivity index is 1.74. The van der Waals surface area contributed by atoms with Crippen molar-refractivity contribution in [3.8, 4) is 11.5 Å². The van der Waals surface area contributed by atoms with Crippen LogP contribution in [0.5, 0.6) is 11.5 Å². The first kappa shape index (κ1) is 13.6. The lowest BCUT2D eigenvalue weighted by atomic mass is 10.0. The van der Waals surface area contributed by atoms with Crippen LogP contribution in [0.25, 0.3) is 0 Å². The second-order valence-electron chi connectivity index (χ2n) is 5.60. The summed E-state index contributed by atoms with van der Waals surface area (Å²) in [5, 5.41) is 3.37. The topological polar surface area (TPSA) is 47.6 Å². The number of hydrogen-bond donors (Lipinski definition) is 1. The largest absolute Gasteiger partial charge is 0.493 e. The van der Waals surface area contributed by atoms with E-state index in [1.807, 2.05) is 0 Å². The molecule has 1 amide bonds. The van der Waals surface area contributed by atoms with Crippen molar-refractivity contribution in [2.75, 3.05) is 19.5 Å². The van der Waals surface area contributed by atoms with E-state index in [1.54, 1.807) is 26.4 Å². The zero-order valence-corrected chi connectivity index (χ0v) is 12.4. The minimum Gasteiger partial charge on any atom is -0.493 e. The molecule has 5 heteroatoms. The highest BCUT2D eigenvalue weighted by Crippen LogP contribution is 2.54. The molecule has 4 nitrogen and oxygen atoms in total. The third-order valence-corrected chi connectivity index (χ3v) is 4.66. The number of carbonyl (C=O) groups excluding carboxylic acids is 1. The second-order valence-corrected chi connectivity index (χ2v) is 6.01. The van der Waals surface area contributed by atoms with Gasteiger partial charge in [0.15, 0.2) is 11.5 Å². The van der Waals surface area contributed by atoms with Gasteiger partial charge in [-0.15, -0.1) is 0 Å². The highest BCUT2D eigenvalue weighted by Gasteiger charge is 2.48.